The molecule has 24 heavy (non-hydrogen) atoms. The van der Waals surface area contributed by atoms with E-state index in [2.05, 4.69) is 5.32 Å². The Morgan fingerprint density at radius 2 is 1.58 bits per heavy atom. The molecule has 0 atom stereocenters. The third-order valence-corrected chi connectivity index (χ3v) is 3.78. The predicted molar refractivity (Wildman–Crippen MR) is 94.1 cm³/mol. The Morgan fingerprint density at radius 3 is 2.12 bits per heavy atom. The van der Waals surface area contributed by atoms with E-state index < -0.39 is 5.60 Å². The molecule has 0 saturated carbocycles. The SMILES string of the molecule is Cc1ccc(NCC(=O)N2CCN(C(=O)OC(C)(C)C)CC2)cc1. The summed E-state index contributed by atoms with van der Waals surface area (Å²) < 4.78 is 5.36. The van der Waals surface area contributed by atoms with Crippen LogP contribution in [0.3, 0.4) is 0 Å². The van der Waals surface area contributed by atoms with Crippen LogP contribution < -0.4 is 5.32 Å². The average Bonchev–Trinajstić information content (AvgIpc) is 2.52. The summed E-state index contributed by atoms with van der Waals surface area (Å²) >= 11 is 0. The molecule has 1 fully saturated rings. The Balaban J connectivity index is 1.76. The number of anilines is 1. The number of piperazine rings is 1. The Bertz CT molecular complexity index is 570. The van der Waals surface area contributed by atoms with Crippen LogP contribution in [0.5, 0.6) is 0 Å². The van der Waals surface area contributed by atoms with Crippen molar-refractivity contribution >= 4 is 17.7 Å². The molecule has 1 N–H and O–H groups in total. The molecule has 0 spiro atoms. The number of carbonyl (C=O) groups is 2. The Hall–Kier alpha value is -2.24. The van der Waals surface area contributed by atoms with Crippen molar-refractivity contribution < 1.29 is 14.3 Å². The second-order valence-electron chi connectivity index (χ2n) is 7.07. The maximum Gasteiger partial charge on any atom is 0.410 e. The van der Waals surface area contributed by atoms with E-state index >= 15 is 0 Å². The number of aryl methyl sites for hydroxylation is 1. The third kappa shape index (κ3) is 5.44. The number of hydrogen-bond donors (Lipinski definition) is 1. The smallest absolute Gasteiger partial charge is 0.410 e. The summed E-state index contributed by atoms with van der Waals surface area (Å²) in [6.45, 7) is 9.91. The van der Waals surface area contributed by atoms with E-state index in [1.54, 1.807) is 9.80 Å². The quantitative estimate of drug-likeness (QED) is 0.923. The van der Waals surface area contributed by atoms with Crippen LogP contribution in [-0.2, 0) is 9.53 Å². The zero-order valence-electron chi connectivity index (χ0n) is 15.0. The monoisotopic (exact) mass is 333 g/mol. The number of nitrogens with one attached hydrogen (secondary N) is 1. The predicted octanol–water partition coefficient (Wildman–Crippen LogP) is 2.49. The summed E-state index contributed by atoms with van der Waals surface area (Å²) in [5, 5.41) is 3.14. The average molecular weight is 333 g/mol. The highest BCUT2D eigenvalue weighted by atomic mass is 16.6. The van der Waals surface area contributed by atoms with E-state index in [-0.39, 0.29) is 18.5 Å². The summed E-state index contributed by atoms with van der Waals surface area (Å²) in [5.74, 6) is 0.0411. The number of benzene rings is 1. The maximum absolute atomic E-state index is 12.3. The maximum atomic E-state index is 12.3. The van der Waals surface area contributed by atoms with Gasteiger partial charge in [0, 0.05) is 31.9 Å². The standard InChI is InChI=1S/C18H27N3O3/c1-14-5-7-15(8-6-14)19-13-16(22)20-9-11-21(12-10-20)17(23)24-18(2,3)4/h5-8,19H,9-13H2,1-4H3. The van der Waals surface area contributed by atoms with Gasteiger partial charge in [-0.2, -0.15) is 0 Å². The van der Waals surface area contributed by atoms with Crippen LogP contribution in [0.15, 0.2) is 24.3 Å². The number of amides is 2. The van der Waals surface area contributed by atoms with E-state index in [0.29, 0.717) is 26.2 Å². The molecule has 0 unspecified atom stereocenters. The third-order valence-electron chi connectivity index (χ3n) is 3.78. The highest BCUT2D eigenvalue weighted by molar-refractivity contribution is 5.81. The lowest BCUT2D eigenvalue weighted by Gasteiger charge is -2.35. The van der Waals surface area contributed by atoms with Crippen molar-refractivity contribution in [3.63, 3.8) is 0 Å². The van der Waals surface area contributed by atoms with Crippen molar-refractivity contribution in [3.05, 3.63) is 29.8 Å². The van der Waals surface area contributed by atoms with Crippen LogP contribution >= 0.6 is 0 Å². The molecule has 1 aliphatic heterocycles. The van der Waals surface area contributed by atoms with Gasteiger partial charge in [-0.1, -0.05) is 17.7 Å². The molecule has 1 saturated heterocycles. The van der Waals surface area contributed by atoms with Crippen molar-refractivity contribution in [3.8, 4) is 0 Å². The van der Waals surface area contributed by atoms with Gasteiger partial charge in [-0.15, -0.1) is 0 Å². The zero-order chi connectivity index (χ0) is 17.7. The molecule has 6 nitrogen and oxygen atoms in total. The van der Waals surface area contributed by atoms with E-state index in [4.69, 9.17) is 4.74 Å². The van der Waals surface area contributed by atoms with Crippen LogP contribution in [0.1, 0.15) is 26.3 Å². The largest absolute Gasteiger partial charge is 0.444 e. The highest BCUT2D eigenvalue weighted by Gasteiger charge is 2.27. The first-order valence-electron chi connectivity index (χ1n) is 8.31. The van der Waals surface area contributed by atoms with Gasteiger partial charge in [0.2, 0.25) is 5.91 Å². The lowest BCUT2D eigenvalue weighted by molar-refractivity contribution is -0.131. The molecule has 6 heteroatoms. The van der Waals surface area contributed by atoms with Crippen molar-refractivity contribution in [1.29, 1.82) is 0 Å². The molecule has 0 aromatic heterocycles. The Morgan fingerprint density at radius 1 is 1.04 bits per heavy atom. The number of carbonyl (C=O) groups excluding carboxylic acids is 2. The van der Waals surface area contributed by atoms with Gasteiger partial charge in [0.1, 0.15) is 5.60 Å². The van der Waals surface area contributed by atoms with Crippen molar-refractivity contribution in [1.82, 2.24) is 9.80 Å². The van der Waals surface area contributed by atoms with Gasteiger partial charge in [-0.25, -0.2) is 4.79 Å². The van der Waals surface area contributed by atoms with Gasteiger partial charge < -0.3 is 19.9 Å². The van der Waals surface area contributed by atoms with Gasteiger partial charge >= 0.3 is 6.09 Å². The van der Waals surface area contributed by atoms with E-state index in [0.717, 1.165) is 5.69 Å². The first-order chi connectivity index (χ1) is 11.2. The molecule has 1 aromatic carbocycles. The summed E-state index contributed by atoms with van der Waals surface area (Å²) in [6, 6.07) is 7.94. The van der Waals surface area contributed by atoms with E-state index in [1.807, 2.05) is 52.0 Å². The lowest BCUT2D eigenvalue weighted by atomic mass is 10.2. The molecule has 1 heterocycles. The topological polar surface area (TPSA) is 61.9 Å². The molecule has 2 amide bonds. The number of ether oxygens (including phenoxy) is 1. The van der Waals surface area contributed by atoms with Crippen LogP contribution in [-0.4, -0.2) is 60.1 Å². The fraction of sp³-hybridized carbons (Fsp3) is 0.556. The minimum Gasteiger partial charge on any atom is -0.444 e. The molecular weight excluding hydrogens is 306 g/mol. The Labute approximate surface area is 143 Å². The molecule has 2 rings (SSSR count). The number of rotatable bonds is 3. The highest BCUT2D eigenvalue weighted by Crippen LogP contribution is 2.12. The minimum atomic E-state index is -0.498. The van der Waals surface area contributed by atoms with Crippen molar-refractivity contribution in [2.24, 2.45) is 0 Å². The van der Waals surface area contributed by atoms with Crippen LogP contribution in [0.4, 0.5) is 10.5 Å². The molecule has 0 bridgehead atoms. The molecule has 1 aromatic rings. The zero-order valence-corrected chi connectivity index (χ0v) is 15.0. The minimum absolute atomic E-state index is 0.0411. The normalized spacial score (nSPS) is 15.2. The van der Waals surface area contributed by atoms with Gasteiger partial charge in [0.25, 0.3) is 0 Å². The van der Waals surface area contributed by atoms with Gasteiger partial charge in [-0.3, -0.25) is 4.79 Å². The summed E-state index contributed by atoms with van der Waals surface area (Å²) in [4.78, 5) is 27.7. The fourth-order valence-electron chi connectivity index (χ4n) is 2.43. The fourth-order valence-corrected chi connectivity index (χ4v) is 2.43. The van der Waals surface area contributed by atoms with Gasteiger partial charge in [0.15, 0.2) is 0 Å². The van der Waals surface area contributed by atoms with Gasteiger partial charge in [-0.05, 0) is 39.8 Å². The molecule has 0 aliphatic carbocycles. The molecule has 0 radical (unpaired) electrons. The second kappa shape index (κ2) is 7.55. The van der Waals surface area contributed by atoms with E-state index in [9.17, 15) is 9.59 Å². The van der Waals surface area contributed by atoms with Crippen molar-refractivity contribution in [2.45, 2.75) is 33.3 Å². The molecule has 1 aliphatic rings. The number of nitrogens with zero attached hydrogens (tertiary/aromatic N) is 2. The Kier molecular flexibility index (Phi) is 5.70. The van der Waals surface area contributed by atoms with Crippen molar-refractivity contribution in [2.75, 3.05) is 38.0 Å². The first-order valence-corrected chi connectivity index (χ1v) is 8.31. The van der Waals surface area contributed by atoms with E-state index in [1.165, 1.54) is 5.56 Å². The summed E-state index contributed by atoms with van der Waals surface area (Å²) in [7, 11) is 0. The summed E-state index contributed by atoms with van der Waals surface area (Å²) in [5.41, 5.74) is 1.62. The first kappa shape index (κ1) is 18.1. The van der Waals surface area contributed by atoms with Crippen LogP contribution in [0, 0.1) is 6.92 Å². The lowest BCUT2D eigenvalue weighted by Crippen LogP contribution is -2.52. The number of hydrogen-bond acceptors (Lipinski definition) is 4. The second-order valence-corrected chi connectivity index (χ2v) is 7.07. The van der Waals surface area contributed by atoms with Gasteiger partial charge in [0.05, 0.1) is 6.54 Å². The summed E-state index contributed by atoms with van der Waals surface area (Å²) in [6.07, 6.45) is -0.313. The van der Waals surface area contributed by atoms with Crippen LogP contribution in [0.2, 0.25) is 0 Å². The van der Waals surface area contributed by atoms with Crippen LogP contribution in [0.25, 0.3) is 0 Å². The molecule has 132 valence electrons. The molecular formula is C18H27N3O3.